The van der Waals surface area contributed by atoms with Crippen LogP contribution in [0.1, 0.15) is 17.5 Å². The number of ether oxygens (including phenoxy) is 1. The van der Waals surface area contributed by atoms with Crippen LogP contribution >= 0.6 is 11.8 Å². The number of hydrogen-bond acceptors (Lipinski definition) is 6. The van der Waals surface area contributed by atoms with E-state index in [9.17, 15) is 18.0 Å². The van der Waals surface area contributed by atoms with Crippen LogP contribution in [0.5, 0.6) is 0 Å². The number of esters is 1. The highest BCUT2D eigenvalue weighted by molar-refractivity contribution is 8.02. The van der Waals surface area contributed by atoms with Crippen LogP contribution in [0.25, 0.3) is 0 Å². The smallest absolute Gasteiger partial charge is 0.316 e. The number of rotatable bonds is 6. The van der Waals surface area contributed by atoms with Gasteiger partial charge in [0.1, 0.15) is 0 Å². The van der Waals surface area contributed by atoms with Gasteiger partial charge in [0.25, 0.3) is 5.91 Å². The minimum atomic E-state index is -2.95. The van der Waals surface area contributed by atoms with Crippen LogP contribution in [0.2, 0.25) is 0 Å². The molecule has 0 unspecified atom stereocenters. The Morgan fingerprint density at radius 3 is 2.71 bits per heavy atom. The summed E-state index contributed by atoms with van der Waals surface area (Å²) in [4.78, 5) is 23.5. The molecule has 1 heterocycles. The summed E-state index contributed by atoms with van der Waals surface area (Å²) >= 11 is 1.27. The average Bonchev–Trinajstić information content (AvgIpc) is 2.85. The molecule has 0 bridgehead atoms. The Labute approximate surface area is 146 Å². The van der Waals surface area contributed by atoms with E-state index < -0.39 is 21.7 Å². The lowest BCUT2D eigenvalue weighted by atomic mass is 10.1. The van der Waals surface area contributed by atoms with E-state index in [1.165, 1.54) is 11.8 Å². The molecular weight excluding hydrogens is 350 g/mol. The number of thioether (sulfide) groups is 1. The molecule has 1 saturated heterocycles. The van der Waals surface area contributed by atoms with Gasteiger partial charge >= 0.3 is 5.97 Å². The highest BCUT2D eigenvalue weighted by atomic mass is 32.2. The van der Waals surface area contributed by atoms with Crippen molar-refractivity contribution in [1.29, 1.82) is 0 Å². The zero-order valence-electron chi connectivity index (χ0n) is 13.7. The van der Waals surface area contributed by atoms with Gasteiger partial charge in [-0.3, -0.25) is 9.59 Å². The Kier molecular flexibility index (Phi) is 6.28. The molecule has 0 saturated carbocycles. The molecule has 1 aromatic rings. The number of anilines is 1. The summed E-state index contributed by atoms with van der Waals surface area (Å²) in [5.41, 5.74) is 2.72. The van der Waals surface area contributed by atoms with Crippen molar-refractivity contribution in [1.82, 2.24) is 0 Å². The summed E-state index contributed by atoms with van der Waals surface area (Å²) < 4.78 is 27.6. The maximum absolute atomic E-state index is 11.8. The third-order valence-electron chi connectivity index (χ3n) is 3.65. The van der Waals surface area contributed by atoms with E-state index in [4.69, 9.17) is 4.74 Å². The molecule has 1 N–H and O–H groups in total. The standard InChI is InChI=1S/C16H21NO5S2/c1-11-3-4-14(12(2)7-11)17-15(18)8-22-16(19)9-23-13-5-6-24(20,21)10-13/h3-4,7,13H,5-6,8-10H2,1-2H3,(H,17,18)/t13-/m1/s1. The van der Waals surface area contributed by atoms with Crippen molar-refractivity contribution in [3.8, 4) is 0 Å². The number of aryl methyl sites for hydroxylation is 2. The monoisotopic (exact) mass is 371 g/mol. The summed E-state index contributed by atoms with van der Waals surface area (Å²) in [5, 5.41) is 2.64. The maximum Gasteiger partial charge on any atom is 0.316 e. The molecule has 24 heavy (non-hydrogen) atoms. The van der Waals surface area contributed by atoms with Crippen molar-refractivity contribution in [3.05, 3.63) is 29.3 Å². The molecule has 1 aliphatic rings. The lowest BCUT2D eigenvalue weighted by Crippen LogP contribution is -2.22. The average molecular weight is 371 g/mol. The number of benzene rings is 1. The molecule has 1 aromatic carbocycles. The molecular formula is C16H21NO5S2. The second-order valence-electron chi connectivity index (χ2n) is 5.86. The Balaban J connectivity index is 1.70. The van der Waals surface area contributed by atoms with Crippen LogP contribution in [0.15, 0.2) is 18.2 Å². The minimum Gasteiger partial charge on any atom is -0.455 e. The zero-order chi connectivity index (χ0) is 17.7. The molecule has 2 rings (SSSR count). The molecule has 0 radical (unpaired) electrons. The van der Waals surface area contributed by atoms with Crippen molar-refractivity contribution in [2.75, 3.05) is 29.2 Å². The van der Waals surface area contributed by atoms with Crippen molar-refractivity contribution < 1.29 is 22.7 Å². The molecule has 0 aromatic heterocycles. The highest BCUT2D eigenvalue weighted by Gasteiger charge is 2.28. The van der Waals surface area contributed by atoms with Crippen LogP contribution in [0.3, 0.4) is 0 Å². The van der Waals surface area contributed by atoms with Gasteiger partial charge in [-0.25, -0.2) is 8.42 Å². The molecule has 0 aliphatic carbocycles. The van der Waals surface area contributed by atoms with E-state index in [2.05, 4.69) is 5.32 Å². The third kappa shape index (κ3) is 5.83. The summed E-state index contributed by atoms with van der Waals surface area (Å²) in [6.07, 6.45) is 0.563. The predicted octanol–water partition coefficient (Wildman–Crippen LogP) is 1.71. The van der Waals surface area contributed by atoms with Gasteiger partial charge in [0.05, 0.1) is 17.3 Å². The molecule has 8 heteroatoms. The Bertz CT molecular complexity index is 730. The van der Waals surface area contributed by atoms with Crippen LogP contribution in [-0.4, -0.2) is 49.4 Å². The summed E-state index contributed by atoms with van der Waals surface area (Å²) in [6, 6.07) is 5.65. The Morgan fingerprint density at radius 2 is 2.08 bits per heavy atom. The van der Waals surface area contributed by atoms with Crippen molar-refractivity contribution in [2.45, 2.75) is 25.5 Å². The van der Waals surface area contributed by atoms with Gasteiger partial charge in [0, 0.05) is 10.9 Å². The molecule has 1 aliphatic heterocycles. The van der Waals surface area contributed by atoms with Gasteiger partial charge < -0.3 is 10.1 Å². The second-order valence-corrected chi connectivity index (χ2v) is 9.38. The Hall–Kier alpha value is -1.54. The fourth-order valence-electron chi connectivity index (χ4n) is 2.41. The lowest BCUT2D eigenvalue weighted by Gasteiger charge is -2.10. The van der Waals surface area contributed by atoms with Gasteiger partial charge in [-0.15, -0.1) is 11.8 Å². The van der Waals surface area contributed by atoms with E-state index >= 15 is 0 Å². The maximum atomic E-state index is 11.8. The van der Waals surface area contributed by atoms with E-state index in [0.29, 0.717) is 12.1 Å². The van der Waals surface area contributed by atoms with Crippen molar-refractivity contribution in [3.63, 3.8) is 0 Å². The van der Waals surface area contributed by atoms with Crippen LogP contribution in [0, 0.1) is 13.8 Å². The SMILES string of the molecule is Cc1ccc(NC(=O)COC(=O)CS[C@@H]2CCS(=O)(=O)C2)c(C)c1. The molecule has 132 valence electrons. The third-order valence-corrected chi connectivity index (χ3v) is 6.90. The topological polar surface area (TPSA) is 89.5 Å². The van der Waals surface area contributed by atoms with Gasteiger partial charge in [-0.2, -0.15) is 0 Å². The second kappa shape index (κ2) is 8.02. The summed E-state index contributed by atoms with van der Waals surface area (Å²) in [5.74, 6) is -0.573. The van der Waals surface area contributed by atoms with E-state index in [1.54, 1.807) is 6.07 Å². The first kappa shape index (κ1) is 18.8. The van der Waals surface area contributed by atoms with Crippen molar-refractivity contribution >= 4 is 39.2 Å². The molecule has 0 spiro atoms. The molecule has 1 amide bonds. The predicted molar refractivity (Wildman–Crippen MR) is 95.0 cm³/mol. The van der Waals surface area contributed by atoms with E-state index in [-0.39, 0.29) is 29.1 Å². The number of hydrogen-bond donors (Lipinski definition) is 1. The zero-order valence-corrected chi connectivity index (χ0v) is 15.3. The first-order chi connectivity index (χ1) is 11.2. The fraction of sp³-hybridized carbons (Fsp3) is 0.500. The first-order valence-corrected chi connectivity index (χ1v) is 10.5. The largest absolute Gasteiger partial charge is 0.455 e. The summed E-state index contributed by atoms with van der Waals surface area (Å²) in [7, 11) is -2.95. The van der Waals surface area contributed by atoms with Crippen molar-refractivity contribution in [2.24, 2.45) is 0 Å². The van der Waals surface area contributed by atoms with Gasteiger partial charge in [0.15, 0.2) is 16.4 Å². The molecule has 1 fully saturated rings. The number of amides is 1. The Morgan fingerprint density at radius 1 is 1.33 bits per heavy atom. The number of carbonyl (C=O) groups excluding carboxylic acids is 2. The van der Waals surface area contributed by atoms with Crippen LogP contribution in [-0.2, 0) is 24.2 Å². The summed E-state index contributed by atoms with van der Waals surface area (Å²) in [6.45, 7) is 3.50. The quantitative estimate of drug-likeness (QED) is 0.766. The van der Waals surface area contributed by atoms with E-state index in [0.717, 1.165) is 11.1 Å². The number of nitrogens with one attached hydrogen (secondary N) is 1. The normalized spacial score (nSPS) is 19.0. The minimum absolute atomic E-state index is 0.0526. The highest BCUT2D eigenvalue weighted by Crippen LogP contribution is 2.24. The van der Waals surface area contributed by atoms with Gasteiger partial charge in [-0.1, -0.05) is 17.7 Å². The van der Waals surface area contributed by atoms with E-state index in [1.807, 2.05) is 26.0 Å². The van der Waals surface area contributed by atoms with Crippen LogP contribution < -0.4 is 5.32 Å². The molecule has 6 nitrogen and oxygen atoms in total. The fourth-order valence-corrected chi connectivity index (χ4v) is 5.85. The molecule has 1 atom stereocenters. The van der Waals surface area contributed by atoms with Gasteiger partial charge in [-0.05, 0) is 31.9 Å². The lowest BCUT2D eigenvalue weighted by molar-refractivity contribution is -0.144. The van der Waals surface area contributed by atoms with Gasteiger partial charge in [0.2, 0.25) is 0 Å². The van der Waals surface area contributed by atoms with Crippen LogP contribution in [0.4, 0.5) is 5.69 Å². The number of sulfone groups is 1. The first-order valence-electron chi connectivity index (χ1n) is 7.60. The number of carbonyl (C=O) groups is 2.